The van der Waals surface area contributed by atoms with Crippen molar-refractivity contribution in [2.24, 2.45) is 0 Å². The Labute approximate surface area is 171 Å². The number of carbonyl (C=O) groups is 1. The molecule has 0 atom stereocenters. The summed E-state index contributed by atoms with van der Waals surface area (Å²) in [4.78, 5) is 16.9. The van der Waals surface area contributed by atoms with Crippen LogP contribution in [0.15, 0.2) is 58.3 Å². The van der Waals surface area contributed by atoms with E-state index in [1.165, 1.54) is 21.2 Å². The number of anilines is 2. The van der Waals surface area contributed by atoms with Crippen LogP contribution in [0.3, 0.4) is 0 Å². The zero-order chi connectivity index (χ0) is 18.2. The molecule has 27 heavy (non-hydrogen) atoms. The highest BCUT2D eigenvalue weighted by molar-refractivity contribution is 7.99. The lowest BCUT2D eigenvalue weighted by Gasteiger charge is -2.32. The van der Waals surface area contributed by atoms with Crippen molar-refractivity contribution in [1.82, 2.24) is 10.6 Å². The Kier molecular flexibility index (Phi) is 8.94. The van der Waals surface area contributed by atoms with Crippen LogP contribution in [0.2, 0.25) is 0 Å². The molecule has 1 aliphatic rings. The van der Waals surface area contributed by atoms with Crippen LogP contribution >= 0.6 is 24.2 Å². The molecular formula is C20H26ClN3O2S. The Morgan fingerprint density at radius 3 is 2.26 bits per heavy atom. The van der Waals surface area contributed by atoms with E-state index in [1.807, 2.05) is 12.1 Å². The Morgan fingerprint density at radius 1 is 1.00 bits per heavy atom. The average Bonchev–Trinajstić information content (AvgIpc) is 2.67. The summed E-state index contributed by atoms with van der Waals surface area (Å²) in [5.74, 6) is 0.0757. The van der Waals surface area contributed by atoms with E-state index < -0.39 is 0 Å². The summed E-state index contributed by atoms with van der Waals surface area (Å²) < 4.78 is 4.98. The number of para-hydroxylation sites is 2. The van der Waals surface area contributed by atoms with Crippen LogP contribution in [-0.2, 0) is 9.53 Å². The van der Waals surface area contributed by atoms with Crippen molar-refractivity contribution in [1.29, 1.82) is 0 Å². The molecule has 146 valence electrons. The van der Waals surface area contributed by atoms with Crippen molar-refractivity contribution >= 4 is 41.5 Å². The Balaban J connectivity index is 0.00000261. The van der Waals surface area contributed by atoms with E-state index in [2.05, 4.69) is 51.9 Å². The highest BCUT2D eigenvalue weighted by Gasteiger charge is 2.22. The molecule has 0 aliphatic carbocycles. The summed E-state index contributed by atoms with van der Waals surface area (Å²) >= 11 is 1.78. The number of hydrogen-bond acceptors (Lipinski definition) is 5. The molecule has 0 spiro atoms. The first-order valence-corrected chi connectivity index (χ1v) is 9.71. The number of carbonyl (C=O) groups excluding carboxylic acids is 1. The smallest absolute Gasteiger partial charge is 0.221 e. The summed E-state index contributed by atoms with van der Waals surface area (Å²) in [5.41, 5.74) is 2.34. The number of rotatable bonds is 9. The van der Waals surface area contributed by atoms with Gasteiger partial charge in [-0.05, 0) is 24.3 Å². The van der Waals surface area contributed by atoms with Crippen LogP contribution in [-0.4, -0.2) is 45.8 Å². The van der Waals surface area contributed by atoms with Gasteiger partial charge in [0, 0.05) is 49.5 Å². The molecular weight excluding hydrogens is 382 g/mol. The minimum absolute atomic E-state index is 0. The first-order valence-electron chi connectivity index (χ1n) is 8.89. The van der Waals surface area contributed by atoms with E-state index in [0.29, 0.717) is 26.1 Å². The van der Waals surface area contributed by atoms with Gasteiger partial charge < -0.3 is 20.3 Å². The maximum atomic E-state index is 12.2. The van der Waals surface area contributed by atoms with Gasteiger partial charge in [-0.25, -0.2) is 0 Å². The first kappa shape index (κ1) is 21.6. The maximum absolute atomic E-state index is 12.2. The molecule has 0 radical (unpaired) electrons. The lowest BCUT2D eigenvalue weighted by Crippen LogP contribution is -2.35. The molecule has 7 heteroatoms. The van der Waals surface area contributed by atoms with Crippen molar-refractivity contribution in [2.45, 2.75) is 16.2 Å². The van der Waals surface area contributed by atoms with Crippen LogP contribution in [0.1, 0.15) is 6.42 Å². The minimum atomic E-state index is 0. The van der Waals surface area contributed by atoms with E-state index in [9.17, 15) is 4.79 Å². The molecule has 0 fully saturated rings. The van der Waals surface area contributed by atoms with Gasteiger partial charge in [0.25, 0.3) is 0 Å². The van der Waals surface area contributed by atoms with Gasteiger partial charge in [0.05, 0.1) is 18.0 Å². The third kappa shape index (κ3) is 5.87. The third-order valence-corrected chi connectivity index (χ3v) is 5.33. The van der Waals surface area contributed by atoms with Gasteiger partial charge in [-0.1, -0.05) is 36.0 Å². The molecule has 2 aromatic carbocycles. The van der Waals surface area contributed by atoms with Crippen LogP contribution < -0.4 is 15.5 Å². The average molecular weight is 408 g/mol. The van der Waals surface area contributed by atoms with Gasteiger partial charge in [-0.2, -0.15) is 0 Å². The van der Waals surface area contributed by atoms with Gasteiger partial charge in [-0.3, -0.25) is 4.79 Å². The van der Waals surface area contributed by atoms with Gasteiger partial charge in [-0.15, -0.1) is 12.4 Å². The Morgan fingerprint density at radius 2 is 1.63 bits per heavy atom. The number of halogens is 1. The number of amides is 1. The second kappa shape index (κ2) is 11.2. The first-order chi connectivity index (χ1) is 12.8. The van der Waals surface area contributed by atoms with Gasteiger partial charge in [0.2, 0.25) is 5.91 Å². The van der Waals surface area contributed by atoms with Crippen molar-refractivity contribution < 1.29 is 9.53 Å². The van der Waals surface area contributed by atoms with Gasteiger partial charge in [0.1, 0.15) is 0 Å². The predicted octanol–water partition coefficient (Wildman–Crippen LogP) is 3.45. The van der Waals surface area contributed by atoms with Crippen LogP contribution in [0.5, 0.6) is 0 Å². The number of ether oxygens (including phenoxy) is 1. The molecule has 0 saturated carbocycles. The van der Waals surface area contributed by atoms with Crippen LogP contribution in [0.4, 0.5) is 11.4 Å². The van der Waals surface area contributed by atoms with Crippen LogP contribution in [0.25, 0.3) is 0 Å². The Hall–Kier alpha value is -1.73. The molecule has 2 N–H and O–H groups in total. The van der Waals surface area contributed by atoms with Gasteiger partial charge >= 0.3 is 0 Å². The topological polar surface area (TPSA) is 53.6 Å². The number of benzene rings is 2. The number of nitrogens with zero attached hydrogens (tertiary/aromatic N) is 1. The zero-order valence-corrected chi connectivity index (χ0v) is 17.1. The third-order valence-electron chi connectivity index (χ3n) is 4.20. The fraction of sp³-hybridized carbons (Fsp3) is 0.350. The summed E-state index contributed by atoms with van der Waals surface area (Å²) in [6.07, 6.45) is 0.464. The van der Waals surface area contributed by atoms with Crippen molar-refractivity contribution in [3.8, 4) is 0 Å². The molecule has 1 amide bonds. The largest absolute Gasteiger partial charge is 0.383 e. The molecule has 3 rings (SSSR count). The quantitative estimate of drug-likeness (QED) is 0.623. The zero-order valence-electron chi connectivity index (χ0n) is 15.4. The fourth-order valence-corrected chi connectivity index (χ4v) is 4.01. The summed E-state index contributed by atoms with van der Waals surface area (Å²) in [6.45, 7) is 3.52. The second-order valence-electron chi connectivity index (χ2n) is 6.03. The maximum Gasteiger partial charge on any atom is 0.221 e. The highest BCUT2D eigenvalue weighted by Crippen LogP contribution is 2.47. The molecule has 1 heterocycles. The van der Waals surface area contributed by atoms with E-state index >= 15 is 0 Å². The van der Waals surface area contributed by atoms with Crippen molar-refractivity contribution in [3.63, 3.8) is 0 Å². The van der Waals surface area contributed by atoms with E-state index in [1.54, 1.807) is 18.9 Å². The fourth-order valence-electron chi connectivity index (χ4n) is 2.91. The molecule has 0 bridgehead atoms. The standard InChI is InChI=1S/C20H25N3O2S.ClH/c1-25-15-13-21-11-12-22-20(24)10-14-23-16-6-2-4-8-18(16)26-19-9-5-3-7-17(19)23;/h2-9,21H,10-15H2,1H3,(H,22,24);1H. The molecule has 2 aromatic rings. The molecule has 0 saturated heterocycles. The predicted molar refractivity (Wildman–Crippen MR) is 114 cm³/mol. The normalized spacial score (nSPS) is 12.0. The lowest BCUT2D eigenvalue weighted by atomic mass is 10.2. The summed E-state index contributed by atoms with van der Waals surface area (Å²) in [6, 6.07) is 16.7. The summed E-state index contributed by atoms with van der Waals surface area (Å²) in [5, 5.41) is 6.19. The Bertz CT molecular complexity index is 699. The van der Waals surface area contributed by atoms with E-state index in [4.69, 9.17) is 4.74 Å². The van der Waals surface area contributed by atoms with Crippen LogP contribution in [0, 0.1) is 0 Å². The van der Waals surface area contributed by atoms with E-state index in [-0.39, 0.29) is 18.3 Å². The number of methoxy groups -OCH3 is 1. The highest BCUT2D eigenvalue weighted by atomic mass is 35.5. The van der Waals surface area contributed by atoms with Crippen molar-refractivity contribution in [2.75, 3.05) is 44.8 Å². The van der Waals surface area contributed by atoms with Crippen molar-refractivity contribution in [3.05, 3.63) is 48.5 Å². The minimum Gasteiger partial charge on any atom is -0.383 e. The molecule has 5 nitrogen and oxygen atoms in total. The lowest BCUT2D eigenvalue weighted by molar-refractivity contribution is -0.120. The SMILES string of the molecule is COCCNCCNC(=O)CCN1c2ccccc2Sc2ccccc21.Cl. The van der Waals surface area contributed by atoms with E-state index in [0.717, 1.165) is 13.1 Å². The number of fused-ring (bicyclic) bond motifs is 2. The number of nitrogens with one attached hydrogen (secondary N) is 2. The molecule has 0 aromatic heterocycles. The van der Waals surface area contributed by atoms with Gasteiger partial charge in [0.15, 0.2) is 0 Å². The monoisotopic (exact) mass is 407 g/mol. The molecule has 1 aliphatic heterocycles. The molecule has 0 unspecified atom stereocenters. The number of hydrogen-bond donors (Lipinski definition) is 2. The second-order valence-corrected chi connectivity index (χ2v) is 7.12. The summed E-state index contributed by atoms with van der Waals surface area (Å²) in [7, 11) is 1.68.